The number of thioether (sulfide) groups is 1. The van der Waals surface area contributed by atoms with E-state index in [1.165, 1.54) is 30.3 Å². The third kappa shape index (κ3) is 28.8. The largest absolute Gasteiger partial charge is 0.478 e. The Morgan fingerprint density at radius 2 is 1.41 bits per heavy atom. The van der Waals surface area contributed by atoms with Crippen LogP contribution in [0, 0.1) is 10.1 Å². The quantitative estimate of drug-likeness (QED) is 0.00335. The first-order chi connectivity index (χ1) is 53.6. The maximum absolute atomic E-state index is 13.7. The first kappa shape index (κ1) is 86.9. The monoisotopic (exact) mass is 1580 g/mol. The fourth-order valence-corrected chi connectivity index (χ4v) is 15.5. The van der Waals surface area contributed by atoms with Crippen LogP contribution < -0.4 is 61.9 Å². The predicted octanol–water partition coefficient (Wildman–Crippen LogP) is 7.76. The number of carboxylic acid groups (broad SMARTS) is 1. The van der Waals surface area contributed by atoms with Gasteiger partial charge < -0.3 is 85.0 Å². The lowest BCUT2D eigenvalue weighted by Crippen LogP contribution is -2.47. The number of urea groups is 1. The number of unbranched alkanes of at least 4 members (excludes halogenated alkanes) is 7. The number of nitro benzene ring substituents is 1. The minimum Gasteiger partial charge on any atom is -0.478 e. The van der Waals surface area contributed by atoms with E-state index in [1.54, 1.807) is 29.9 Å². The number of aromatic nitrogens is 3. The van der Waals surface area contributed by atoms with Crippen LogP contribution >= 0.6 is 19.4 Å². The number of carboxylic acids is 1. The van der Waals surface area contributed by atoms with Crippen molar-refractivity contribution in [3.8, 4) is 28.2 Å². The standard InChI is InChI=1S/C76H105N14O19PS/c1-6-107-110(102,109-57-26-22-54(23-27-57)90(100)101)45-44-105-41-40-103-38-39-104-42-43-106-76(99)81-49-53-50-89(86-85-53)37-17-9-15-33-78-68(92)31-32-69(93)82-62(18-12-16-34-77-67(91)20-11-7-10-19-66-71-63(51-111-66)83-75(98)84-71)73(95)80-36-14-8-13-35-79-72(94)52-21-28-58(61(46-52)74(96)97)70-59-29-24-55(87(2)3)47-64(59)108-65-48-56(88(4)5)25-30-60(65)70/h21-30,46-48,50,62-63,66,71H,6-20,31-45,49,51H2,1-5H3,(H8-,77,78,79,80,81,82,83,84,91,92,93,94,95,96,97,98,99)/p+1/t62-,63-,66-,71-,110?/m0/s1. The Balaban J connectivity index is 0.686. The van der Waals surface area contributed by atoms with E-state index in [-0.39, 0.29) is 143 Å². The normalized spacial score (nSPS) is 15.1. The van der Waals surface area contributed by atoms with E-state index in [0.717, 1.165) is 55.3 Å². The van der Waals surface area contributed by atoms with Crippen molar-refractivity contribution in [1.29, 1.82) is 0 Å². The van der Waals surface area contributed by atoms with Gasteiger partial charge in [-0.25, -0.2) is 23.5 Å². The Morgan fingerprint density at radius 1 is 0.739 bits per heavy atom. The summed E-state index contributed by atoms with van der Waals surface area (Å²) in [7, 11) is 4.14. The van der Waals surface area contributed by atoms with Crippen LogP contribution in [0.5, 0.6) is 5.75 Å². The minimum absolute atomic E-state index is 0.00120. The summed E-state index contributed by atoms with van der Waals surface area (Å²) in [4.78, 5) is 116. The van der Waals surface area contributed by atoms with Gasteiger partial charge in [-0.15, -0.1) is 5.10 Å². The summed E-state index contributed by atoms with van der Waals surface area (Å²) in [6, 6.07) is 20.8. The Bertz CT molecular complexity index is 4180. The van der Waals surface area contributed by atoms with Gasteiger partial charge in [0.25, 0.3) is 11.6 Å². The number of amides is 8. The lowest BCUT2D eigenvalue weighted by Gasteiger charge is -2.19. The molecule has 5 atom stereocenters. The first-order valence-electron chi connectivity index (χ1n) is 37.9. The SMILES string of the molecule is CCOP(=O)(CCOCCOCCOCCOC(=O)NCc1cn(CCCCCNC(=O)CCC(=O)N[C@@H](CCCCNC(=O)CCCCC[C@@H]2SC[C@@H]3NC(=O)N[C@@H]32)C(=O)NCCCCCNC(=O)c2ccc(-c3c4ccc(=[N+](C)C)cc-4oc4cc(N(C)C)ccc34)c(C(=O)O)c2)nn1)Oc1ccc([N+](=O)[O-])cc1. The predicted molar refractivity (Wildman–Crippen MR) is 418 cm³/mol. The molecule has 4 aliphatic rings. The number of hydrogen-bond acceptors (Lipinski definition) is 22. The average molecular weight is 1580 g/mol. The zero-order valence-corrected chi connectivity index (χ0v) is 65.6. The molecule has 3 aromatic carbocycles. The number of fused-ring (bicyclic) bond motifs is 3. The van der Waals surface area contributed by atoms with Crippen molar-refractivity contribution in [3.63, 3.8) is 0 Å². The van der Waals surface area contributed by atoms with Crippen LogP contribution in [0.3, 0.4) is 0 Å². The van der Waals surface area contributed by atoms with Crippen LogP contribution in [-0.2, 0) is 60.3 Å². The molecule has 2 saturated heterocycles. The maximum atomic E-state index is 13.7. The van der Waals surface area contributed by atoms with Gasteiger partial charge in [-0.05, 0) is 126 Å². The average Bonchev–Trinajstić information content (AvgIpc) is 1.49. The number of rotatable bonds is 51. The summed E-state index contributed by atoms with van der Waals surface area (Å²) in [5, 5.41) is 54.9. The molecule has 0 spiro atoms. The third-order valence-electron chi connectivity index (χ3n) is 18.5. The Labute approximate surface area is 649 Å². The lowest BCUT2D eigenvalue weighted by molar-refractivity contribution is -0.384. The van der Waals surface area contributed by atoms with Gasteiger partial charge in [0.05, 0.1) is 93.8 Å². The van der Waals surface area contributed by atoms with Crippen LogP contribution in [0.25, 0.3) is 33.4 Å². The highest BCUT2D eigenvalue weighted by molar-refractivity contribution is 8.00. The summed E-state index contributed by atoms with van der Waals surface area (Å²) in [5.74, 6) is -1.19. The van der Waals surface area contributed by atoms with E-state index in [1.807, 2.05) is 85.8 Å². The van der Waals surface area contributed by atoms with Crippen molar-refractivity contribution in [3.05, 3.63) is 117 Å². The molecule has 604 valence electrons. The number of alkyl carbamates (subject to hydrolysis) is 1. The number of carbonyl (C=O) groups is 8. The van der Waals surface area contributed by atoms with Crippen molar-refractivity contribution < 1.29 is 85.4 Å². The number of aryl methyl sites for hydroxylation is 1. The molecule has 111 heavy (non-hydrogen) atoms. The maximum Gasteiger partial charge on any atom is 0.407 e. The Kier molecular flexibility index (Phi) is 35.7. The Morgan fingerprint density at radius 3 is 2.12 bits per heavy atom. The van der Waals surface area contributed by atoms with Crippen LogP contribution in [0.2, 0.25) is 0 Å². The fraction of sp³-hybridized carbons (Fsp3) is 0.539. The van der Waals surface area contributed by atoms with E-state index in [9.17, 15) is 58.1 Å². The third-order valence-corrected chi connectivity index (χ3v) is 21.8. The molecule has 2 fully saturated rings. The summed E-state index contributed by atoms with van der Waals surface area (Å²) in [6.07, 6.45) is 10.0. The van der Waals surface area contributed by atoms with Crippen molar-refractivity contribution in [1.82, 2.24) is 62.1 Å². The molecular weight excluding hydrogens is 1480 g/mol. The van der Waals surface area contributed by atoms with E-state index < -0.39 is 42.4 Å². The molecule has 1 aliphatic carbocycles. The van der Waals surface area contributed by atoms with Crippen LogP contribution in [0.1, 0.15) is 136 Å². The molecule has 33 nitrogen and oxygen atoms in total. The van der Waals surface area contributed by atoms with Crippen molar-refractivity contribution >= 4 is 89.3 Å². The molecule has 4 heterocycles. The molecular formula is C76H106N14O19PS+. The van der Waals surface area contributed by atoms with Crippen molar-refractivity contribution in [2.75, 3.05) is 124 Å². The van der Waals surface area contributed by atoms with Gasteiger partial charge in [0.15, 0.2) is 0 Å². The van der Waals surface area contributed by atoms with Crippen molar-refractivity contribution in [2.45, 2.75) is 146 Å². The summed E-state index contributed by atoms with van der Waals surface area (Å²) in [6.45, 7) is 4.95. The molecule has 35 heteroatoms. The van der Waals surface area contributed by atoms with Crippen molar-refractivity contribution in [2.24, 2.45) is 0 Å². The molecule has 8 rings (SSSR count). The summed E-state index contributed by atoms with van der Waals surface area (Å²) in [5.41, 5.74) is 3.84. The van der Waals surface area contributed by atoms with Gasteiger partial charge in [0, 0.05) is 129 Å². The number of ether oxygens (including phenoxy) is 4. The van der Waals surface area contributed by atoms with Gasteiger partial charge in [0.2, 0.25) is 29.0 Å². The van der Waals surface area contributed by atoms with Crippen LogP contribution in [0.4, 0.5) is 21.0 Å². The highest BCUT2D eigenvalue weighted by atomic mass is 32.2. The molecule has 4 aromatic rings. The van der Waals surface area contributed by atoms with E-state index >= 15 is 0 Å². The topological polar surface area (TPSA) is 419 Å². The highest BCUT2D eigenvalue weighted by Gasteiger charge is 2.42. The van der Waals surface area contributed by atoms with Gasteiger partial charge >= 0.3 is 25.7 Å². The number of non-ortho nitro benzene ring substituents is 1. The number of anilines is 1. The van der Waals surface area contributed by atoms with E-state index in [2.05, 4.69) is 52.8 Å². The molecule has 1 unspecified atom stereocenters. The number of hydrogen-bond donors (Lipinski definition) is 9. The summed E-state index contributed by atoms with van der Waals surface area (Å²) < 4.78 is 55.6. The van der Waals surface area contributed by atoms with E-state index in [4.69, 9.17) is 32.4 Å². The highest BCUT2D eigenvalue weighted by Crippen LogP contribution is 2.48. The summed E-state index contributed by atoms with van der Waals surface area (Å²) >= 11 is 1.87. The minimum atomic E-state index is -3.57. The van der Waals surface area contributed by atoms with E-state index in [0.29, 0.717) is 122 Å². The van der Waals surface area contributed by atoms with Crippen LogP contribution in [0.15, 0.2) is 89.5 Å². The molecule has 0 radical (unpaired) electrons. The second-order valence-corrected chi connectivity index (χ2v) is 30.7. The number of aromatic carboxylic acids is 1. The van der Waals surface area contributed by atoms with Gasteiger partial charge in [0.1, 0.15) is 49.5 Å². The molecule has 1 aromatic heterocycles. The number of nitro groups is 1. The zero-order chi connectivity index (χ0) is 79.5. The van der Waals surface area contributed by atoms with Gasteiger partial charge in [-0.2, -0.15) is 11.8 Å². The molecule has 0 saturated carbocycles. The number of benzene rings is 4. The Hall–Kier alpha value is -9.73. The van der Waals surface area contributed by atoms with Gasteiger partial charge in [-0.1, -0.05) is 24.1 Å². The number of nitrogens with zero attached hydrogens (tertiary/aromatic N) is 6. The molecule has 3 aliphatic heterocycles. The lowest BCUT2D eigenvalue weighted by atomic mass is 9.89. The molecule has 8 amide bonds. The second-order valence-electron chi connectivity index (χ2n) is 27.3. The number of nitrogens with one attached hydrogen (secondary N) is 8. The molecule has 9 N–H and O–H groups in total. The van der Waals surface area contributed by atoms with Gasteiger partial charge in [-0.3, -0.25) is 38.8 Å². The first-order valence-corrected chi connectivity index (χ1v) is 40.7. The van der Waals surface area contributed by atoms with Crippen LogP contribution in [-0.4, -0.2) is 215 Å². The number of carbonyl (C=O) groups excluding carboxylic acids is 7. The fourth-order valence-electron chi connectivity index (χ4n) is 12.5. The zero-order valence-electron chi connectivity index (χ0n) is 63.9. The smallest absolute Gasteiger partial charge is 0.407 e. The second kappa shape index (κ2) is 45.6. The molecule has 0 bridgehead atoms.